The first-order valence-electron chi connectivity index (χ1n) is 16.2. The molecule has 232 valence electrons. The third kappa shape index (κ3) is 8.12. The van der Waals surface area contributed by atoms with Gasteiger partial charge in [-0.1, -0.05) is 55.5 Å². The molecule has 43 heavy (non-hydrogen) atoms. The molecule has 3 aromatic rings. The lowest BCUT2D eigenvalue weighted by molar-refractivity contribution is 0.0932. The number of Topliss-reactive ketones (excluding diaryl/α,β-unsaturated/α-hetero) is 1. The molecule has 5 rings (SSSR count). The Morgan fingerprint density at radius 1 is 0.977 bits per heavy atom. The maximum atomic E-state index is 13.3. The fraction of sp³-hybridized carbons (Fsp3) is 0.543. The van der Waals surface area contributed by atoms with E-state index >= 15 is 0 Å². The maximum Gasteiger partial charge on any atom is 0.255 e. The quantitative estimate of drug-likeness (QED) is 0.121. The fourth-order valence-corrected chi connectivity index (χ4v) is 7.03. The number of nitrogen functional groups attached to an aromatic ring is 1. The summed E-state index contributed by atoms with van der Waals surface area (Å²) in [5.74, 6) is 1.70. The molecule has 8 heteroatoms. The van der Waals surface area contributed by atoms with Crippen molar-refractivity contribution in [1.29, 1.82) is 0 Å². The predicted octanol–water partition coefficient (Wildman–Crippen LogP) is 7.35. The van der Waals surface area contributed by atoms with Crippen molar-refractivity contribution in [2.75, 3.05) is 39.0 Å². The topological polar surface area (TPSA) is 89.6 Å². The molecule has 0 bridgehead atoms. The summed E-state index contributed by atoms with van der Waals surface area (Å²) in [6.45, 7) is 4.81. The van der Waals surface area contributed by atoms with Gasteiger partial charge in [0.15, 0.2) is 5.78 Å². The van der Waals surface area contributed by atoms with E-state index in [-0.39, 0.29) is 11.7 Å². The third-order valence-corrected chi connectivity index (χ3v) is 9.80. The number of aromatic nitrogens is 1. The summed E-state index contributed by atoms with van der Waals surface area (Å²) in [6, 6.07) is 11.6. The molecule has 0 unspecified atom stereocenters. The molecule has 2 aliphatic rings. The highest BCUT2D eigenvalue weighted by Gasteiger charge is 2.22. The normalized spacial score (nSPS) is 16.9. The van der Waals surface area contributed by atoms with Gasteiger partial charge in [0.1, 0.15) is 5.75 Å². The summed E-state index contributed by atoms with van der Waals surface area (Å²) in [5.41, 5.74) is 8.74. The van der Waals surface area contributed by atoms with Gasteiger partial charge in [-0.3, -0.25) is 9.59 Å². The van der Waals surface area contributed by atoms with Crippen molar-refractivity contribution in [3.8, 4) is 5.75 Å². The summed E-state index contributed by atoms with van der Waals surface area (Å²) >= 11 is 6.12. The SMILES string of the molecule is COc1cc(N)c(Cl)cc1C(=O)NCC1CCN(CCCCCC(=O)c2cn(CC3CCCCC3)c3ccccc23)CC1. The van der Waals surface area contributed by atoms with Gasteiger partial charge in [0, 0.05) is 48.2 Å². The number of fused-ring (bicyclic) bond motifs is 1. The molecule has 2 aromatic carbocycles. The number of carbonyl (C=O) groups is 2. The maximum absolute atomic E-state index is 13.3. The summed E-state index contributed by atoms with van der Waals surface area (Å²) in [6.07, 6.45) is 14.6. The Bertz CT molecular complexity index is 1390. The molecule has 1 aliphatic heterocycles. The molecule has 1 aromatic heterocycles. The van der Waals surface area contributed by atoms with E-state index in [0.29, 0.717) is 40.9 Å². The van der Waals surface area contributed by atoms with Crippen LogP contribution in [0.4, 0.5) is 5.69 Å². The van der Waals surface area contributed by atoms with Crippen LogP contribution in [0.3, 0.4) is 0 Å². The van der Waals surface area contributed by atoms with Gasteiger partial charge in [-0.2, -0.15) is 0 Å². The number of hydrogen-bond acceptors (Lipinski definition) is 5. The minimum atomic E-state index is -0.190. The fourth-order valence-electron chi connectivity index (χ4n) is 6.86. The Balaban J connectivity index is 1.00. The second-order valence-electron chi connectivity index (χ2n) is 12.5. The molecule has 1 amide bonds. The van der Waals surface area contributed by atoms with E-state index in [1.54, 1.807) is 12.1 Å². The zero-order chi connectivity index (χ0) is 30.2. The Morgan fingerprint density at radius 3 is 2.51 bits per heavy atom. The Morgan fingerprint density at radius 2 is 1.74 bits per heavy atom. The van der Waals surface area contributed by atoms with Gasteiger partial charge >= 0.3 is 0 Å². The number of halogens is 1. The molecule has 1 saturated carbocycles. The molecule has 2 heterocycles. The number of para-hydroxylation sites is 1. The van der Waals surface area contributed by atoms with E-state index in [4.69, 9.17) is 22.1 Å². The van der Waals surface area contributed by atoms with Crippen LogP contribution in [0.1, 0.15) is 91.3 Å². The van der Waals surface area contributed by atoms with Crippen LogP contribution in [-0.2, 0) is 6.54 Å². The molecule has 0 spiro atoms. The van der Waals surface area contributed by atoms with Gasteiger partial charge in [0.25, 0.3) is 5.91 Å². The number of ether oxygens (including phenoxy) is 1. The Kier molecular flexibility index (Phi) is 11.0. The lowest BCUT2D eigenvalue weighted by atomic mass is 9.89. The van der Waals surface area contributed by atoms with Crippen LogP contribution in [0.5, 0.6) is 5.75 Å². The molecule has 0 atom stereocenters. The highest BCUT2D eigenvalue weighted by Crippen LogP contribution is 2.30. The van der Waals surface area contributed by atoms with E-state index < -0.39 is 0 Å². The average molecular weight is 607 g/mol. The van der Waals surface area contributed by atoms with Crippen LogP contribution < -0.4 is 15.8 Å². The summed E-state index contributed by atoms with van der Waals surface area (Å²) in [7, 11) is 1.52. The van der Waals surface area contributed by atoms with Crippen molar-refractivity contribution < 1.29 is 14.3 Å². The second-order valence-corrected chi connectivity index (χ2v) is 12.9. The number of rotatable bonds is 13. The van der Waals surface area contributed by atoms with E-state index in [2.05, 4.69) is 39.2 Å². The summed E-state index contributed by atoms with van der Waals surface area (Å²) in [4.78, 5) is 28.5. The monoisotopic (exact) mass is 606 g/mol. The number of nitrogens with zero attached hydrogens (tertiary/aromatic N) is 2. The summed E-state index contributed by atoms with van der Waals surface area (Å²) in [5, 5.41) is 4.51. The lowest BCUT2D eigenvalue weighted by Gasteiger charge is -2.32. The van der Waals surface area contributed by atoms with E-state index in [1.165, 1.54) is 44.7 Å². The smallest absolute Gasteiger partial charge is 0.255 e. The molecule has 2 fully saturated rings. The number of nitrogens with one attached hydrogen (secondary N) is 1. The number of amides is 1. The second kappa shape index (κ2) is 15.1. The highest BCUT2D eigenvalue weighted by atomic mass is 35.5. The predicted molar refractivity (Wildman–Crippen MR) is 175 cm³/mol. The third-order valence-electron chi connectivity index (χ3n) is 9.47. The molecule has 1 saturated heterocycles. The number of hydrogen-bond donors (Lipinski definition) is 2. The van der Waals surface area contributed by atoms with Crippen LogP contribution in [0.2, 0.25) is 5.02 Å². The molecule has 3 N–H and O–H groups in total. The minimum Gasteiger partial charge on any atom is -0.496 e. The van der Waals surface area contributed by atoms with Crippen LogP contribution in [0.25, 0.3) is 10.9 Å². The zero-order valence-electron chi connectivity index (χ0n) is 25.6. The van der Waals surface area contributed by atoms with Gasteiger partial charge in [-0.25, -0.2) is 0 Å². The number of ketones is 1. The molecule has 1 aliphatic carbocycles. The molecule has 7 nitrogen and oxygen atoms in total. The number of likely N-dealkylation sites (tertiary alicyclic amines) is 1. The van der Waals surface area contributed by atoms with Gasteiger partial charge in [0.2, 0.25) is 0 Å². The van der Waals surface area contributed by atoms with Gasteiger partial charge in [-0.15, -0.1) is 0 Å². The number of benzene rings is 2. The number of nitrogens with two attached hydrogens (primary N) is 1. The zero-order valence-corrected chi connectivity index (χ0v) is 26.3. The summed E-state index contributed by atoms with van der Waals surface area (Å²) < 4.78 is 7.66. The van der Waals surface area contributed by atoms with Crippen molar-refractivity contribution in [3.05, 3.63) is 58.7 Å². The van der Waals surface area contributed by atoms with E-state index in [9.17, 15) is 9.59 Å². The number of unbranched alkanes of at least 4 members (excludes halogenated alkanes) is 2. The Labute approximate surface area is 261 Å². The largest absolute Gasteiger partial charge is 0.496 e. The number of piperidine rings is 1. The van der Waals surface area contributed by atoms with E-state index in [1.807, 2.05) is 6.07 Å². The van der Waals surface area contributed by atoms with Crippen LogP contribution in [0.15, 0.2) is 42.6 Å². The Hall–Kier alpha value is -3.03. The van der Waals surface area contributed by atoms with Gasteiger partial charge in [0.05, 0.1) is 23.4 Å². The van der Waals surface area contributed by atoms with Crippen LogP contribution >= 0.6 is 11.6 Å². The number of anilines is 1. The minimum absolute atomic E-state index is 0.190. The van der Waals surface area contributed by atoms with Crippen LogP contribution in [-0.4, -0.2) is 54.4 Å². The van der Waals surface area contributed by atoms with Crippen molar-refractivity contribution >= 4 is 39.9 Å². The van der Waals surface area contributed by atoms with Crippen molar-refractivity contribution in [2.45, 2.75) is 77.2 Å². The molecule has 0 radical (unpaired) electrons. The van der Waals surface area contributed by atoms with Crippen molar-refractivity contribution in [1.82, 2.24) is 14.8 Å². The average Bonchev–Trinajstić information content (AvgIpc) is 3.40. The molecular weight excluding hydrogens is 560 g/mol. The van der Waals surface area contributed by atoms with Gasteiger partial charge < -0.3 is 25.3 Å². The highest BCUT2D eigenvalue weighted by molar-refractivity contribution is 6.33. The van der Waals surface area contributed by atoms with Crippen molar-refractivity contribution in [3.63, 3.8) is 0 Å². The van der Waals surface area contributed by atoms with E-state index in [0.717, 1.165) is 75.2 Å². The van der Waals surface area contributed by atoms with Crippen LogP contribution in [0, 0.1) is 11.8 Å². The first kappa shape index (κ1) is 31.4. The standard InChI is InChI=1S/C35H47ClN4O3/c1-43-34-21-31(37)30(36)20-28(34)35(42)38-22-25-15-18-39(19-16-25)17-9-3-6-14-33(41)29-24-40(23-26-10-4-2-5-11-26)32-13-8-7-12-27(29)32/h7-8,12-13,20-21,24-26H,2-6,9-11,14-19,22-23,37H2,1H3,(H,38,42). The number of methoxy groups -OCH3 is 1. The number of carbonyl (C=O) groups excluding carboxylic acids is 2. The lowest BCUT2D eigenvalue weighted by Crippen LogP contribution is -2.39. The first-order valence-corrected chi connectivity index (χ1v) is 16.6. The van der Waals surface area contributed by atoms with Crippen molar-refractivity contribution in [2.24, 2.45) is 11.8 Å². The molecular formula is C35H47ClN4O3. The van der Waals surface area contributed by atoms with Gasteiger partial charge in [-0.05, 0) is 82.1 Å². The first-order chi connectivity index (χ1) is 20.9.